The summed E-state index contributed by atoms with van der Waals surface area (Å²) in [6, 6.07) is 2.62. The molecule has 0 amide bonds. The number of cyclic esters (lactones) is 1. The highest BCUT2D eigenvalue weighted by Gasteiger charge is 2.41. The van der Waals surface area contributed by atoms with Crippen LogP contribution < -0.4 is 14.9 Å². The largest absolute Gasteiger partial charge is 0.504 e. The lowest BCUT2D eigenvalue weighted by Gasteiger charge is -2.14. The molecule has 1 atom stereocenters. The van der Waals surface area contributed by atoms with Crippen molar-refractivity contribution in [1.82, 2.24) is 0 Å². The Morgan fingerprint density at radius 2 is 1.96 bits per heavy atom. The van der Waals surface area contributed by atoms with Crippen molar-refractivity contribution in [2.45, 2.75) is 13.0 Å². The first-order valence-electron chi connectivity index (χ1n) is 7.46. The predicted molar refractivity (Wildman–Crippen MR) is 88.2 cm³/mol. The van der Waals surface area contributed by atoms with Crippen LogP contribution >= 0.6 is 0 Å². The minimum Gasteiger partial charge on any atom is -0.504 e. The number of hydrogen-bond acceptors (Lipinski definition) is 7. The number of fused-ring (bicyclic) bond motifs is 1. The number of rotatable bonds is 4. The zero-order valence-corrected chi connectivity index (χ0v) is 13.9. The standard InChI is InChI=1S/C18H16O7/c1-4-5-9-6-11(19)10(8-24-9)16-14-13(22-2)7-12(20)17(23-3)15(14)18(21)25-16/h4-8,16,20H,1-3H3/b5-4+/t16-/m0/s1. The van der Waals surface area contributed by atoms with E-state index < -0.39 is 12.1 Å². The van der Waals surface area contributed by atoms with E-state index in [0.717, 1.165) is 0 Å². The number of ether oxygens (including phenoxy) is 3. The maximum absolute atomic E-state index is 12.4. The molecule has 25 heavy (non-hydrogen) atoms. The zero-order chi connectivity index (χ0) is 18.1. The van der Waals surface area contributed by atoms with E-state index in [0.29, 0.717) is 11.3 Å². The van der Waals surface area contributed by atoms with Crippen LogP contribution in [-0.2, 0) is 4.74 Å². The first-order chi connectivity index (χ1) is 12.0. The summed E-state index contributed by atoms with van der Waals surface area (Å²) >= 11 is 0. The van der Waals surface area contributed by atoms with E-state index in [2.05, 4.69) is 0 Å². The third-order valence-electron chi connectivity index (χ3n) is 3.87. The van der Waals surface area contributed by atoms with E-state index >= 15 is 0 Å². The van der Waals surface area contributed by atoms with Crippen LogP contribution in [0.15, 0.2) is 33.7 Å². The summed E-state index contributed by atoms with van der Waals surface area (Å²) in [4.78, 5) is 24.8. The molecule has 1 aliphatic heterocycles. The van der Waals surface area contributed by atoms with E-state index in [1.807, 2.05) is 0 Å². The first-order valence-corrected chi connectivity index (χ1v) is 7.46. The molecular formula is C18H16O7. The van der Waals surface area contributed by atoms with Crippen molar-refractivity contribution in [2.24, 2.45) is 0 Å². The number of aromatic hydroxyl groups is 1. The van der Waals surface area contributed by atoms with E-state index in [1.165, 1.54) is 32.6 Å². The molecule has 1 aromatic heterocycles. The highest BCUT2D eigenvalue weighted by molar-refractivity contribution is 5.99. The van der Waals surface area contributed by atoms with Gasteiger partial charge in [-0.1, -0.05) is 6.08 Å². The Labute approximate surface area is 143 Å². The third-order valence-corrected chi connectivity index (χ3v) is 3.87. The summed E-state index contributed by atoms with van der Waals surface area (Å²) in [6.07, 6.45) is 3.62. The highest BCUT2D eigenvalue weighted by Crippen LogP contribution is 2.48. The molecule has 3 rings (SSSR count). The Bertz CT molecular complexity index is 924. The number of allylic oxidation sites excluding steroid dienone is 1. The molecule has 130 valence electrons. The fraction of sp³-hybridized carbons (Fsp3) is 0.222. The summed E-state index contributed by atoms with van der Waals surface area (Å²) in [5.41, 5.74) is 0.139. The van der Waals surface area contributed by atoms with Crippen LogP contribution in [0.2, 0.25) is 0 Å². The van der Waals surface area contributed by atoms with Gasteiger partial charge in [0.25, 0.3) is 0 Å². The van der Waals surface area contributed by atoms with Gasteiger partial charge in [0.1, 0.15) is 23.3 Å². The molecule has 0 aliphatic carbocycles. The van der Waals surface area contributed by atoms with Gasteiger partial charge in [-0.15, -0.1) is 0 Å². The second-order valence-corrected chi connectivity index (χ2v) is 5.31. The minimum absolute atomic E-state index is 0.0290. The van der Waals surface area contributed by atoms with Crippen molar-refractivity contribution in [3.8, 4) is 17.2 Å². The number of carbonyl (C=O) groups is 1. The Morgan fingerprint density at radius 3 is 2.56 bits per heavy atom. The molecular weight excluding hydrogens is 328 g/mol. The van der Waals surface area contributed by atoms with Gasteiger partial charge in [-0.2, -0.15) is 0 Å². The van der Waals surface area contributed by atoms with E-state index in [4.69, 9.17) is 18.6 Å². The van der Waals surface area contributed by atoms with Gasteiger partial charge in [0.2, 0.25) is 0 Å². The van der Waals surface area contributed by atoms with Gasteiger partial charge in [-0.05, 0) is 13.0 Å². The van der Waals surface area contributed by atoms with Crippen molar-refractivity contribution in [3.63, 3.8) is 0 Å². The van der Waals surface area contributed by atoms with E-state index in [9.17, 15) is 14.7 Å². The molecule has 2 aromatic rings. The molecule has 1 aliphatic rings. The lowest BCUT2D eigenvalue weighted by atomic mass is 9.98. The van der Waals surface area contributed by atoms with Crippen LogP contribution in [0.5, 0.6) is 17.2 Å². The SMILES string of the molecule is C/C=C/c1cc(=O)c([C@@H]2OC(=O)c3c(OC)c(O)cc(OC)c32)co1. The van der Waals surface area contributed by atoms with Crippen LogP contribution in [-0.4, -0.2) is 25.3 Å². The lowest BCUT2D eigenvalue weighted by Crippen LogP contribution is -2.14. The fourth-order valence-corrected chi connectivity index (χ4v) is 2.80. The third kappa shape index (κ3) is 2.63. The maximum Gasteiger partial charge on any atom is 0.343 e. The van der Waals surface area contributed by atoms with Crippen molar-refractivity contribution in [3.05, 3.63) is 57.1 Å². The molecule has 0 saturated carbocycles. The van der Waals surface area contributed by atoms with Crippen LogP contribution in [0.25, 0.3) is 6.08 Å². The molecule has 0 unspecified atom stereocenters. The Hall–Kier alpha value is -3.22. The van der Waals surface area contributed by atoms with Crippen molar-refractivity contribution < 1.29 is 28.5 Å². The Morgan fingerprint density at radius 1 is 1.20 bits per heavy atom. The summed E-state index contributed by atoms with van der Waals surface area (Å²) in [6.45, 7) is 1.80. The molecule has 0 bridgehead atoms. The van der Waals surface area contributed by atoms with Crippen molar-refractivity contribution >= 4 is 12.0 Å². The number of phenolic OH excluding ortho intramolecular Hbond substituents is 1. The number of hydrogen-bond donors (Lipinski definition) is 1. The average Bonchev–Trinajstić information content (AvgIpc) is 2.92. The van der Waals surface area contributed by atoms with Gasteiger partial charge in [0.05, 0.1) is 25.3 Å². The van der Waals surface area contributed by atoms with Gasteiger partial charge in [-0.25, -0.2) is 4.79 Å². The molecule has 1 N–H and O–H groups in total. The summed E-state index contributed by atoms with van der Waals surface area (Å²) < 4.78 is 21.1. The van der Waals surface area contributed by atoms with E-state index in [-0.39, 0.29) is 33.8 Å². The molecule has 7 nitrogen and oxygen atoms in total. The van der Waals surface area contributed by atoms with Crippen LogP contribution in [0, 0.1) is 0 Å². The topological polar surface area (TPSA) is 95.2 Å². The van der Waals surface area contributed by atoms with Gasteiger partial charge < -0.3 is 23.7 Å². The predicted octanol–water partition coefficient (Wildman–Crippen LogP) is 2.66. The monoisotopic (exact) mass is 344 g/mol. The fourth-order valence-electron chi connectivity index (χ4n) is 2.80. The molecule has 1 aromatic carbocycles. The van der Waals surface area contributed by atoms with Gasteiger partial charge in [0.15, 0.2) is 23.0 Å². The molecule has 2 heterocycles. The zero-order valence-electron chi connectivity index (χ0n) is 13.9. The normalized spacial score (nSPS) is 16.0. The average molecular weight is 344 g/mol. The van der Waals surface area contributed by atoms with Crippen LogP contribution in [0.3, 0.4) is 0 Å². The van der Waals surface area contributed by atoms with Crippen LogP contribution in [0.1, 0.15) is 40.3 Å². The number of carbonyl (C=O) groups excluding carboxylic acids is 1. The maximum atomic E-state index is 12.4. The first kappa shape index (κ1) is 16.6. The Kier molecular flexibility index (Phi) is 4.22. The van der Waals surface area contributed by atoms with Crippen molar-refractivity contribution in [2.75, 3.05) is 14.2 Å². The molecule has 0 fully saturated rings. The lowest BCUT2D eigenvalue weighted by molar-refractivity contribution is 0.0448. The highest BCUT2D eigenvalue weighted by atomic mass is 16.6. The number of benzene rings is 1. The number of methoxy groups -OCH3 is 2. The van der Waals surface area contributed by atoms with Gasteiger partial charge in [-0.3, -0.25) is 4.79 Å². The molecule has 0 saturated heterocycles. The second-order valence-electron chi connectivity index (χ2n) is 5.31. The molecule has 0 spiro atoms. The minimum atomic E-state index is -1.01. The number of phenols is 1. The summed E-state index contributed by atoms with van der Waals surface area (Å²) in [7, 11) is 2.71. The Balaban J connectivity index is 2.21. The summed E-state index contributed by atoms with van der Waals surface area (Å²) in [5, 5.41) is 10.0. The second kappa shape index (κ2) is 6.35. The van der Waals surface area contributed by atoms with E-state index in [1.54, 1.807) is 19.1 Å². The molecule has 0 radical (unpaired) electrons. The molecule has 7 heteroatoms. The van der Waals surface area contributed by atoms with Crippen molar-refractivity contribution in [1.29, 1.82) is 0 Å². The quantitative estimate of drug-likeness (QED) is 0.852. The summed E-state index contributed by atoms with van der Waals surface area (Å²) in [5.74, 6) is -0.413. The number of esters is 1. The van der Waals surface area contributed by atoms with Gasteiger partial charge in [0, 0.05) is 12.1 Å². The van der Waals surface area contributed by atoms with Crippen LogP contribution in [0.4, 0.5) is 0 Å². The smallest absolute Gasteiger partial charge is 0.343 e. The van der Waals surface area contributed by atoms with Gasteiger partial charge >= 0.3 is 5.97 Å².